The van der Waals surface area contributed by atoms with E-state index in [0.717, 1.165) is 18.4 Å². The van der Waals surface area contributed by atoms with Gasteiger partial charge in [-0.1, -0.05) is 55.3 Å². The maximum Gasteiger partial charge on any atom is 0.341 e. The molecule has 1 N–H and O–H groups in total. The molecule has 0 unspecified atom stereocenters. The quantitative estimate of drug-likeness (QED) is 0.907. The van der Waals surface area contributed by atoms with E-state index in [9.17, 15) is 9.90 Å². The summed E-state index contributed by atoms with van der Waals surface area (Å²) in [5.41, 5.74) is 1.26. The third-order valence-corrected chi connectivity index (χ3v) is 3.26. The van der Waals surface area contributed by atoms with E-state index in [4.69, 9.17) is 11.6 Å². The van der Waals surface area contributed by atoms with Gasteiger partial charge in [-0.15, -0.1) is 0 Å². The summed E-state index contributed by atoms with van der Waals surface area (Å²) in [5.74, 6) is -1.05. The van der Waals surface area contributed by atoms with Crippen molar-refractivity contribution in [2.75, 3.05) is 0 Å². The number of carboxylic acids is 1. The monoisotopic (exact) mass is 278 g/mol. The Morgan fingerprint density at radius 1 is 1.37 bits per heavy atom. The van der Waals surface area contributed by atoms with Crippen LogP contribution >= 0.6 is 11.6 Å². The second kappa shape index (κ2) is 5.89. The highest BCUT2D eigenvalue weighted by Crippen LogP contribution is 2.28. The summed E-state index contributed by atoms with van der Waals surface area (Å²) in [6.07, 6.45) is 1.91. The molecule has 0 aliphatic carbocycles. The second-order valence-electron chi connectivity index (χ2n) is 4.26. The smallest absolute Gasteiger partial charge is 0.341 e. The van der Waals surface area contributed by atoms with E-state index in [1.165, 1.54) is 0 Å². The Labute approximate surface area is 116 Å². The highest BCUT2D eigenvalue weighted by molar-refractivity contribution is 6.33. The van der Waals surface area contributed by atoms with Crippen LogP contribution in [0.4, 0.5) is 0 Å². The van der Waals surface area contributed by atoms with Crippen molar-refractivity contribution in [3.63, 3.8) is 0 Å². The number of unbranched alkanes of at least 4 members (excludes halogenated alkanes) is 1. The zero-order chi connectivity index (χ0) is 13.8. The summed E-state index contributed by atoms with van der Waals surface area (Å²) in [6.45, 7) is 2.69. The van der Waals surface area contributed by atoms with E-state index in [-0.39, 0.29) is 10.7 Å². The normalized spacial score (nSPS) is 10.6. The van der Waals surface area contributed by atoms with E-state index in [0.29, 0.717) is 12.2 Å². The molecule has 4 nitrogen and oxygen atoms in total. The lowest BCUT2D eigenvalue weighted by Crippen LogP contribution is -2.01. The number of carboxylic acid groups (broad SMARTS) is 1. The lowest BCUT2D eigenvalue weighted by molar-refractivity contribution is 0.0698. The van der Waals surface area contributed by atoms with Crippen LogP contribution in [0, 0.1) is 0 Å². The van der Waals surface area contributed by atoms with Crippen molar-refractivity contribution in [1.82, 2.24) is 9.78 Å². The van der Waals surface area contributed by atoms with Crippen LogP contribution in [0.5, 0.6) is 0 Å². The number of hydrogen-bond donors (Lipinski definition) is 1. The highest BCUT2D eigenvalue weighted by atomic mass is 35.5. The van der Waals surface area contributed by atoms with Crippen molar-refractivity contribution in [3.8, 4) is 11.3 Å². The van der Waals surface area contributed by atoms with Gasteiger partial charge in [0.15, 0.2) is 0 Å². The minimum absolute atomic E-state index is 0.0731. The lowest BCUT2D eigenvalue weighted by Gasteiger charge is -2.00. The number of aryl methyl sites for hydroxylation is 1. The van der Waals surface area contributed by atoms with Crippen LogP contribution in [0.15, 0.2) is 30.3 Å². The van der Waals surface area contributed by atoms with E-state index in [1.54, 1.807) is 4.68 Å². The molecule has 1 aromatic carbocycles. The van der Waals surface area contributed by atoms with Crippen molar-refractivity contribution in [2.24, 2.45) is 0 Å². The summed E-state index contributed by atoms with van der Waals surface area (Å²) >= 11 is 6.13. The minimum atomic E-state index is -1.05. The van der Waals surface area contributed by atoms with Crippen LogP contribution < -0.4 is 0 Å². The molecule has 0 radical (unpaired) electrons. The molecular formula is C14H15ClN2O2. The third kappa shape index (κ3) is 2.79. The van der Waals surface area contributed by atoms with Crippen LogP contribution in [0.1, 0.15) is 30.1 Å². The summed E-state index contributed by atoms with van der Waals surface area (Å²) in [7, 11) is 0. The van der Waals surface area contributed by atoms with E-state index >= 15 is 0 Å². The largest absolute Gasteiger partial charge is 0.478 e. The number of nitrogens with zero attached hydrogens (tertiary/aromatic N) is 2. The van der Waals surface area contributed by atoms with Crippen molar-refractivity contribution in [3.05, 3.63) is 41.0 Å². The maximum atomic E-state index is 11.4. The summed E-state index contributed by atoms with van der Waals surface area (Å²) in [4.78, 5) is 11.4. The van der Waals surface area contributed by atoms with Gasteiger partial charge in [0.2, 0.25) is 0 Å². The summed E-state index contributed by atoms with van der Waals surface area (Å²) < 4.78 is 1.57. The predicted octanol–water partition coefficient (Wildman–Crippen LogP) is 3.70. The van der Waals surface area contributed by atoms with E-state index in [1.807, 2.05) is 30.3 Å². The molecule has 19 heavy (non-hydrogen) atoms. The van der Waals surface area contributed by atoms with Gasteiger partial charge in [0.1, 0.15) is 16.4 Å². The number of aromatic carboxylic acids is 1. The molecule has 2 aromatic rings. The molecule has 0 saturated carbocycles. The first-order chi connectivity index (χ1) is 9.15. The average Bonchev–Trinajstić information content (AvgIpc) is 2.74. The Hall–Kier alpha value is -1.81. The van der Waals surface area contributed by atoms with Crippen LogP contribution in [-0.2, 0) is 6.54 Å². The van der Waals surface area contributed by atoms with Gasteiger partial charge in [-0.2, -0.15) is 5.10 Å². The molecule has 0 aliphatic heterocycles. The molecule has 0 spiro atoms. The number of hydrogen-bond acceptors (Lipinski definition) is 2. The predicted molar refractivity (Wildman–Crippen MR) is 74.5 cm³/mol. The highest BCUT2D eigenvalue weighted by Gasteiger charge is 2.22. The number of benzene rings is 1. The van der Waals surface area contributed by atoms with Gasteiger partial charge in [0, 0.05) is 12.1 Å². The standard InChI is InChI=1S/C14H15ClN2O2/c1-2-3-9-17-13(15)11(14(18)19)12(16-17)10-7-5-4-6-8-10/h4-8H,2-3,9H2,1H3,(H,18,19). The number of aromatic nitrogens is 2. The zero-order valence-corrected chi connectivity index (χ0v) is 11.4. The molecular weight excluding hydrogens is 264 g/mol. The first-order valence-corrected chi connectivity index (χ1v) is 6.58. The van der Waals surface area contributed by atoms with E-state index < -0.39 is 5.97 Å². The molecule has 1 aromatic heterocycles. The van der Waals surface area contributed by atoms with Crippen LogP contribution in [-0.4, -0.2) is 20.9 Å². The molecule has 100 valence electrons. The van der Waals surface area contributed by atoms with Gasteiger partial charge in [-0.3, -0.25) is 4.68 Å². The Morgan fingerprint density at radius 3 is 2.63 bits per heavy atom. The summed E-state index contributed by atoms with van der Waals surface area (Å²) in [5, 5.41) is 13.8. The van der Waals surface area contributed by atoms with Crippen LogP contribution in [0.2, 0.25) is 5.15 Å². The van der Waals surface area contributed by atoms with Crippen LogP contribution in [0.3, 0.4) is 0 Å². The summed E-state index contributed by atoms with van der Waals surface area (Å²) in [6, 6.07) is 9.23. The fourth-order valence-corrected chi connectivity index (χ4v) is 2.18. The Morgan fingerprint density at radius 2 is 2.05 bits per heavy atom. The Kier molecular flexibility index (Phi) is 4.22. The van der Waals surface area contributed by atoms with Gasteiger partial charge in [-0.25, -0.2) is 4.79 Å². The molecule has 0 fully saturated rings. The van der Waals surface area contributed by atoms with Crippen molar-refractivity contribution in [2.45, 2.75) is 26.3 Å². The average molecular weight is 279 g/mol. The zero-order valence-electron chi connectivity index (χ0n) is 10.6. The molecule has 0 atom stereocenters. The molecule has 0 aliphatic rings. The number of rotatable bonds is 5. The molecule has 0 bridgehead atoms. The third-order valence-electron chi connectivity index (χ3n) is 2.87. The minimum Gasteiger partial charge on any atom is -0.478 e. The molecule has 0 amide bonds. The molecule has 2 rings (SSSR count). The first kappa shape index (κ1) is 13.6. The fourth-order valence-electron chi connectivity index (χ4n) is 1.89. The maximum absolute atomic E-state index is 11.4. The van der Waals surface area contributed by atoms with Gasteiger partial charge >= 0.3 is 5.97 Å². The van der Waals surface area contributed by atoms with Crippen LogP contribution in [0.25, 0.3) is 11.3 Å². The molecule has 5 heteroatoms. The number of carbonyl (C=O) groups is 1. The van der Waals surface area contributed by atoms with E-state index in [2.05, 4.69) is 12.0 Å². The van der Waals surface area contributed by atoms with Crippen molar-refractivity contribution < 1.29 is 9.90 Å². The lowest BCUT2D eigenvalue weighted by atomic mass is 10.1. The second-order valence-corrected chi connectivity index (χ2v) is 4.62. The van der Waals surface area contributed by atoms with Gasteiger partial charge in [-0.05, 0) is 6.42 Å². The number of halogens is 1. The Bertz CT molecular complexity index is 579. The topological polar surface area (TPSA) is 55.1 Å². The van der Waals surface area contributed by atoms with Gasteiger partial charge < -0.3 is 5.11 Å². The SMILES string of the molecule is CCCCn1nc(-c2ccccc2)c(C(=O)O)c1Cl. The molecule has 0 saturated heterocycles. The van der Waals surface area contributed by atoms with Gasteiger partial charge in [0.05, 0.1) is 0 Å². The molecule has 1 heterocycles. The first-order valence-electron chi connectivity index (χ1n) is 6.20. The van der Waals surface area contributed by atoms with Crippen molar-refractivity contribution >= 4 is 17.6 Å². The fraction of sp³-hybridized carbons (Fsp3) is 0.286. The Balaban J connectivity index is 2.51. The van der Waals surface area contributed by atoms with Gasteiger partial charge in [0.25, 0.3) is 0 Å². The van der Waals surface area contributed by atoms with Crippen molar-refractivity contribution in [1.29, 1.82) is 0 Å².